The zero-order chi connectivity index (χ0) is 16.8. The Morgan fingerprint density at radius 3 is 2.75 bits per heavy atom. The van der Waals surface area contributed by atoms with E-state index >= 15 is 0 Å². The van der Waals surface area contributed by atoms with Crippen LogP contribution in [0.1, 0.15) is 55.5 Å². The Hall–Kier alpha value is -1.56. The minimum atomic E-state index is -0.00242. The van der Waals surface area contributed by atoms with Gasteiger partial charge >= 0.3 is 6.03 Å². The third-order valence-corrected chi connectivity index (χ3v) is 5.28. The van der Waals surface area contributed by atoms with Gasteiger partial charge in [0.05, 0.1) is 12.2 Å². The van der Waals surface area contributed by atoms with E-state index in [0.717, 1.165) is 31.6 Å². The van der Waals surface area contributed by atoms with Crippen LogP contribution in [-0.2, 0) is 19.4 Å². The van der Waals surface area contributed by atoms with Crippen molar-refractivity contribution in [3.05, 3.63) is 17.0 Å². The highest BCUT2D eigenvalue weighted by molar-refractivity contribution is 5.73. The van der Waals surface area contributed by atoms with Gasteiger partial charge in [-0.15, -0.1) is 0 Å². The summed E-state index contributed by atoms with van der Waals surface area (Å²) in [5.41, 5.74) is 3.67. The van der Waals surface area contributed by atoms with Gasteiger partial charge in [-0.3, -0.25) is 5.10 Å². The Labute approximate surface area is 145 Å². The summed E-state index contributed by atoms with van der Waals surface area (Å²) < 4.78 is 0. The summed E-state index contributed by atoms with van der Waals surface area (Å²) in [6.07, 6.45) is 9.86. The van der Waals surface area contributed by atoms with E-state index in [1.54, 1.807) is 4.90 Å². The number of H-pyrrole nitrogens is 1. The van der Waals surface area contributed by atoms with Crippen molar-refractivity contribution >= 4 is 6.03 Å². The number of aryl methyl sites for hydroxylation is 1. The number of hydrogen-bond acceptors (Lipinski definition) is 3. The first kappa shape index (κ1) is 17.3. The van der Waals surface area contributed by atoms with Crippen LogP contribution >= 0.6 is 0 Å². The van der Waals surface area contributed by atoms with E-state index in [4.69, 9.17) is 0 Å². The van der Waals surface area contributed by atoms with E-state index in [2.05, 4.69) is 20.4 Å². The number of rotatable bonds is 5. The molecule has 24 heavy (non-hydrogen) atoms. The van der Waals surface area contributed by atoms with Crippen LogP contribution in [0.25, 0.3) is 0 Å². The first-order valence-electron chi connectivity index (χ1n) is 9.50. The van der Waals surface area contributed by atoms with Crippen LogP contribution in [0.15, 0.2) is 0 Å². The number of urea groups is 1. The lowest BCUT2D eigenvalue weighted by Gasteiger charge is -2.26. The van der Waals surface area contributed by atoms with Gasteiger partial charge in [0.15, 0.2) is 0 Å². The maximum absolute atomic E-state index is 12.3. The summed E-state index contributed by atoms with van der Waals surface area (Å²) in [5, 5.41) is 10.7. The van der Waals surface area contributed by atoms with Crippen molar-refractivity contribution in [1.29, 1.82) is 0 Å². The van der Waals surface area contributed by atoms with Crippen molar-refractivity contribution in [2.45, 2.75) is 57.9 Å². The number of carbonyl (C=O) groups excluding carboxylic acids is 1. The molecule has 0 saturated carbocycles. The van der Waals surface area contributed by atoms with Gasteiger partial charge < -0.3 is 15.1 Å². The number of aromatic amines is 1. The number of piperidine rings is 1. The Morgan fingerprint density at radius 2 is 1.92 bits per heavy atom. The van der Waals surface area contributed by atoms with Gasteiger partial charge in [0, 0.05) is 25.8 Å². The molecule has 2 aliphatic rings. The van der Waals surface area contributed by atoms with Crippen molar-refractivity contribution in [2.75, 3.05) is 33.2 Å². The average Bonchev–Trinajstić information content (AvgIpc) is 2.82. The summed E-state index contributed by atoms with van der Waals surface area (Å²) >= 11 is 0. The Kier molecular flexibility index (Phi) is 6.12. The average molecular weight is 333 g/mol. The van der Waals surface area contributed by atoms with Gasteiger partial charge in [0.2, 0.25) is 0 Å². The third kappa shape index (κ3) is 4.50. The highest BCUT2D eigenvalue weighted by Crippen LogP contribution is 2.22. The fourth-order valence-electron chi connectivity index (χ4n) is 3.79. The molecule has 134 valence electrons. The van der Waals surface area contributed by atoms with Crippen molar-refractivity contribution in [1.82, 2.24) is 25.3 Å². The van der Waals surface area contributed by atoms with Gasteiger partial charge in [-0.05, 0) is 57.2 Å². The molecule has 6 heteroatoms. The monoisotopic (exact) mass is 333 g/mol. The standard InChI is InChI=1S/C18H31N5O/c1-22(18(24)19-10-13-23-11-6-3-7-12-23)14-17-15-8-4-2-5-9-16(15)20-21-17/h2-14H2,1H3,(H,19,24)(H,20,21). The number of fused-ring (bicyclic) bond motifs is 1. The first-order chi connectivity index (χ1) is 11.7. The fraction of sp³-hybridized carbons (Fsp3) is 0.778. The number of hydrogen-bond donors (Lipinski definition) is 2. The molecule has 1 fully saturated rings. The molecule has 0 unspecified atom stereocenters. The zero-order valence-electron chi connectivity index (χ0n) is 14.9. The molecule has 0 aromatic carbocycles. The van der Waals surface area contributed by atoms with Crippen molar-refractivity contribution in [2.24, 2.45) is 0 Å². The van der Waals surface area contributed by atoms with E-state index in [0.29, 0.717) is 6.54 Å². The SMILES string of the molecule is CN(Cc1n[nH]c2c1CCCCC2)C(=O)NCCN1CCCCC1. The Balaban J connectivity index is 1.45. The number of likely N-dealkylation sites (tertiary alicyclic amines) is 1. The first-order valence-corrected chi connectivity index (χ1v) is 9.50. The largest absolute Gasteiger partial charge is 0.337 e. The van der Waals surface area contributed by atoms with Crippen LogP contribution in [0.4, 0.5) is 4.79 Å². The highest BCUT2D eigenvalue weighted by Gasteiger charge is 2.18. The molecule has 6 nitrogen and oxygen atoms in total. The molecule has 0 spiro atoms. The van der Waals surface area contributed by atoms with Crippen molar-refractivity contribution in [3.8, 4) is 0 Å². The third-order valence-electron chi connectivity index (χ3n) is 5.28. The molecule has 1 saturated heterocycles. The quantitative estimate of drug-likeness (QED) is 0.813. The van der Waals surface area contributed by atoms with Crippen LogP contribution < -0.4 is 5.32 Å². The van der Waals surface area contributed by atoms with Crippen LogP contribution in [-0.4, -0.2) is 59.3 Å². The fourth-order valence-corrected chi connectivity index (χ4v) is 3.79. The summed E-state index contributed by atoms with van der Waals surface area (Å²) in [4.78, 5) is 16.5. The van der Waals surface area contributed by atoms with Crippen LogP contribution in [0.3, 0.4) is 0 Å². The Morgan fingerprint density at radius 1 is 1.17 bits per heavy atom. The number of amides is 2. The van der Waals surface area contributed by atoms with Crippen LogP contribution in [0.2, 0.25) is 0 Å². The summed E-state index contributed by atoms with van der Waals surface area (Å²) in [5.74, 6) is 0. The predicted molar refractivity (Wildman–Crippen MR) is 95.0 cm³/mol. The molecule has 1 aromatic heterocycles. The smallest absolute Gasteiger partial charge is 0.317 e. The molecule has 1 aliphatic heterocycles. The molecule has 0 bridgehead atoms. The summed E-state index contributed by atoms with van der Waals surface area (Å²) in [6, 6.07) is -0.00242. The second-order valence-electron chi connectivity index (χ2n) is 7.18. The van der Waals surface area contributed by atoms with E-state index in [9.17, 15) is 4.79 Å². The van der Waals surface area contributed by atoms with Crippen LogP contribution in [0.5, 0.6) is 0 Å². The van der Waals surface area contributed by atoms with Crippen LogP contribution in [0, 0.1) is 0 Å². The molecule has 2 heterocycles. The predicted octanol–water partition coefficient (Wildman–Crippen LogP) is 2.31. The molecule has 1 aliphatic carbocycles. The minimum Gasteiger partial charge on any atom is -0.337 e. The van der Waals surface area contributed by atoms with Crippen molar-refractivity contribution < 1.29 is 4.79 Å². The van der Waals surface area contributed by atoms with E-state index < -0.39 is 0 Å². The Bertz CT molecular complexity index is 536. The molecule has 0 atom stereocenters. The lowest BCUT2D eigenvalue weighted by molar-refractivity contribution is 0.198. The minimum absolute atomic E-state index is 0.00242. The van der Waals surface area contributed by atoms with Gasteiger partial charge in [0.1, 0.15) is 0 Å². The normalized spacial score (nSPS) is 18.7. The zero-order valence-corrected chi connectivity index (χ0v) is 14.9. The topological polar surface area (TPSA) is 64.3 Å². The maximum atomic E-state index is 12.3. The second kappa shape index (κ2) is 8.51. The van der Waals surface area contributed by atoms with Gasteiger partial charge in [0.25, 0.3) is 0 Å². The molecule has 2 amide bonds. The molecular weight excluding hydrogens is 302 g/mol. The van der Waals surface area contributed by atoms with Gasteiger partial charge in [-0.2, -0.15) is 5.10 Å². The van der Waals surface area contributed by atoms with E-state index in [-0.39, 0.29) is 6.03 Å². The lowest BCUT2D eigenvalue weighted by atomic mass is 10.1. The molecule has 2 N–H and O–H groups in total. The maximum Gasteiger partial charge on any atom is 0.317 e. The number of nitrogens with one attached hydrogen (secondary N) is 2. The van der Waals surface area contributed by atoms with Gasteiger partial charge in [-0.1, -0.05) is 12.8 Å². The van der Waals surface area contributed by atoms with Gasteiger partial charge in [-0.25, -0.2) is 4.79 Å². The second-order valence-corrected chi connectivity index (χ2v) is 7.18. The van der Waals surface area contributed by atoms with E-state index in [1.807, 2.05) is 7.05 Å². The molecule has 3 rings (SSSR count). The van der Waals surface area contributed by atoms with Crippen molar-refractivity contribution in [3.63, 3.8) is 0 Å². The molecule has 1 aromatic rings. The summed E-state index contributed by atoms with van der Waals surface area (Å²) in [7, 11) is 1.86. The lowest BCUT2D eigenvalue weighted by Crippen LogP contribution is -2.42. The van der Waals surface area contributed by atoms with E-state index in [1.165, 1.54) is 62.9 Å². The molecular formula is C18H31N5O. The number of nitrogens with zero attached hydrogens (tertiary/aromatic N) is 3. The molecule has 0 radical (unpaired) electrons. The number of aromatic nitrogens is 2. The highest BCUT2D eigenvalue weighted by atomic mass is 16.2. The summed E-state index contributed by atoms with van der Waals surface area (Å²) in [6.45, 7) is 4.61. The number of carbonyl (C=O) groups is 1.